The average Bonchev–Trinajstić information content (AvgIpc) is 3.67. The molecule has 0 bridgehead atoms. The van der Waals surface area contributed by atoms with E-state index in [9.17, 15) is 19.2 Å². The van der Waals surface area contributed by atoms with Crippen LogP contribution in [0.1, 0.15) is 65.9 Å². The van der Waals surface area contributed by atoms with E-state index < -0.39 is 23.9 Å². The van der Waals surface area contributed by atoms with Crippen LogP contribution in [0.4, 0.5) is 0 Å². The highest BCUT2D eigenvalue weighted by Gasteiger charge is 2.32. The molecule has 1 aliphatic carbocycles. The van der Waals surface area contributed by atoms with Crippen molar-refractivity contribution in [3.63, 3.8) is 0 Å². The van der Waals surface area contributed by atoms with Crippen LogP contribution in [-0.4, -0.2) is 52.1 Å². The summed E-state index contributed by atoms with van der Waals surface area (Å²) in [5, 5.41) is 14.5. The fraction of sp³-hybridized carbons (Fsp3) is 0.370. The molecule has 37 heavy (non-hydrogen) atoms. The minimum atomic E-state index is -1.03. The number of hydrogen-bond acceptors (Lipinski definition) is 6. The Morgan fingerprint density at radius 2 is 1.86 bits per heavy atom. The van der Waals surface area contributed by atoms with Crippen LogP contribution in [-0.2, 0) is 25.5 Å². The van der Waals surface area contributed by atoms with Crippen molar-refractivity contribution in [2.24, 2.45) is 0 Å². The number of nitrogens with one attached hydrogen (secondary N) is 2. The van der Waals surface area contributed by atoms with Crippen molar-refractivity contribution in [2.75, 3.05) is 13.7 Å². The zero-order valence-electron chi connectivity index (χ0n) is 20.6. The molecule has 0 aliphatic heterocycles. The summed E-state index contributed by atoms with van der Waals surface area (Å²) in [7, 11) is 1.25. The summed E-state index contributed by atoms with van der Waals surface area (Å²) in [4.78, 5) is 52.4. The van der Waals surface area contributed by atoms with Crippen molar-refractivity contribution in [1.29, 1.82) is 0 Å². The Hall–Kier alpha value is -4.21. The first-order chi connectivity index (χ1) is 17.9. The number of aliphatic carboxylic acids is 1. The SMILES string of the molecule is COC(=O)CNC(=O)c1ccc2c(c1)nc(C(CCc1ccccc1)NC(=O)CCC(=O)O)n2C1CC1. The third-order valence-electron chi connectivity index (χ3n) is 6.29. The number of carbonyl (C=O) groups is 4. The minimum absolute atomic E-state index is 0.120. The number of nitrogens with zero attached hydrogens (tertiary/aromatic N) is 2. The van der Waals surface area contributed by atoms with E-state index in [0.29, 0.717) is 29.7 Å². The van der Waals surface area contributed by atoms with Crippen LogP contribution < -0.4 is 10.6 Å². The largest absolute Gasteiger partial charge is 0.481 e. The van der Waals surface area contributed by atoms with Gasteiger partial charge in [0.2, 0.25) is 5.91 Å². The highest BCUT2D eigenvalue weighted by atomic mass is 16.5. The zero-order chi connectivity index (χ0) is 26.4. The number of methoxy groups -OCH3 is 1. The Morgan fingerprint density at radius 3 is 2.54 bits per heavy atom. The molecule has 1 fully saturated rings. The molecular weight excluding hydrogens is 476 g/mol. The lowest BCUT2D eigenvalue weighted by Crippen LogP contribution is -2.31. The molecule has 1 aliphatic rings. The number of aryl methyl sites for hydroxylation is 1. The molecule has 194 valence electrons. The van der Waals surface area contributed by atoms with E-state index in [-0.39, 0.29) is 31.3 Å². The van der Waals surface area contributed by atoms with Crippen LogP contribution in [0.5, 0.6) is 0 Å². The third-order valence-corrected chi connectivity index (χ3v) is 6.29. The first-order valence-electron chi connectivity index (χ1n) is 12.3. The second kappa shape index (κ2) is 11.7. The molecule has 10 nitrogen and oxygen atoms in total. The zero-order valence-corrected chi connectivity index (χ0v) is 20.6. The molecule has 2 amide bonds. The number of amides is 2. The van der Waals surface area contributed by atoms with Crippen molar-refractivity contribution in [1.82, 2.24) is 20.2 Å². The number of aromatic nitrogens is 2. The lowest BCUT2D eigenvalue weighted by molar-refractivity contribution is -0.139. The number of imidazole rings is 1. The van der Waals surface area contributed by atoms with Crippen LogP contribution in [0.2, 0.25) is 0 Å². The summed E-state index contributed by atoms with van der Waals surface area (Å²) >= 11 is 0. The number of rotatable bonds is 12. The van der Waals surface area contributed by atoms with Crippen LogP contribution in [0.15, 0.2) is 48.5 Å². The molecule has 1 unspecified atom stereocenters. The van der Waals surface area contributed by atoms with Gasteiger partial charge in [-0.25, -0.2) is 4.98 Å². The highest BCUT2D eigenvalue weighted by Crippen LogP contribution is 2.40. The van der Waals surface area contributed by atoms with Crippen molar-refractivity contribution in [3.8, 4) is 0 Å². The number of ether oxygens (including phenoxy) is 1. The van der Waals surface area contributed by atoms with Gasteiger partial charge < -0.3 is 25.0 Å². The predicted molar refractivity (Wildman–Crippen MR) is 135 cm³/mol. The van der Waals surface area contributed by atoms with Gasteiger partial charge in [0.15, 0.2) is 0 Å². The molecule has 1 aromatic heterocycles. The van der Waals surface area contributed by atoms with Gasteiger partial charge in [0.05, 0.1) is 30.6 Å². The number of hydrogen-bond donors (Lipinski definition) is 3. The minimum Gasteiger partial charge on any atom is -0.481 e. The smallest absolute Gasteiger partial charge is 0.325 e. The molecule has 1 atom stereocenters. The summed E-state index contributed by atoms with van der Waals surface area (Å²) in [6.07, 6.45) is 2.87. The summed E-state index contributed by atoms with van der Waals surface area (Å²) in [5.74, 6) is -1.66. The summed E-state index contributed by atoms with van der Waals surface area (Å²) < 4.78 is 6.69. The maximum absolute atomic E-state index is 12.6. The molecule has 4 rings (SSSR count). The Bertz CT molecular complexity index is 1300. The fourth-order valence-corrected chi connectivity index (χ4v) is 4.26. The van der Waals surface area contributed by atoms with E-state index in [2.05, 4.69) is 19.9 Å². The van der Waals surface area contributed by atoms with Gasteiger partial charge in [-0.1, -0.05) is 30.3 Å². The number of carboxylic acids is 1. The van der Waals surface area contributed by atoms with Crippen molar-refractivity contribution < 1.29 is 29.0 Å². The third kappa shape index (κ3) is 6.72. The second-order valence-corrected chi connectivity index (χ2v) is 9.07. The first-order valence-corrected chi connectivity index (χ1v) is 12.3. The summed E-state index contributed by atoms with van der Waals surface area (Å²) in [6.45, 7) is -0.237. The molecule has 0 radical (unpaired) electrons. The van der Waals surface area contributed by atoms with Gasteiger partial charge in [0.25, 0.3) is 5.91 Å². The molecule has 2 aromatic carbocycles. The van der Waals surface area contributed by atoms with Gasteiger partial charge in [-0.15, -0.1) is 0 Å². The molecule has 3 N–H and O–H groups in total. The van der Waals surface area contributed by atoms with E-state index in [1.165, 1.54) is 7.11 Å². The van der Waals surface area contributed by atoms with Gasteiger partial charge in [-0.2, -0.15) is 0 Å². The molecule has 0 saturated heterocycles. The number of fused-ring (bicyclic) bond motifs is 1. The number of benzene rings is 2. The highest BCUT2D eigenvalue weighted by molar-refractivity contribution is 5.98. The Balaban J connectivity index is 1.63. The van der Waals surface area contributed by atoms with Crippen LogP contribution in [0, 0.1) is 0 Å². The normalized spacial score (nSPS) is 13.6. The monoisotopic (exact) mass is 506 g/mol. The van der Waals surface area contributed by atoms with Crippen molar-refractivity contribution >= 4 is 34.8 Å². The van der Waals surface area contributed by atoms with Crippen molar-refractivity contribution in [2.45, 2.75) is 50.6 Å². The van der Waals surface area contributed by atoms with Crippen molar-refractivity contribution in [3.05, 3.63) is 65.5 Å². The van der Waals surface area contributed by atoms with Gasteiger partial charge in [-0.05, 0) is 49.4 Å². The average molecular weight is 507 g/mol. The molecular formula is C27H30N4O6. The maximum atomic E-state index is 12.6. The molecule has 1 saturated carbocycles. The topological polar surface area (TPSA) is 140 Å². The molecule has 3 aromatic rings. The molecule has 0 spiro atoms. The van der Waals surface area contributed by atoms with E-state index in [4.69, 9.17) is 10.1 Å². The van der Waals surface area contributed by atoms with Crippen LogP contribution in [0.25, 0.3) is 11.0 Å². The Labute approximate surface area is 214 Å². The van der Waals surface area contributed by atoms with E-state index in [1.54, 1.807) is 12.1 Å². The van der Waals surface area contributed by atoms with E-state index >= 15 is 0 Å². The Morgan fingerprint density at radius 1 is 1.11 bits per heavy atom. The number of esters is 1. The standard InChI is InChI=1S/C27H30N4O6/c1-37-25(35)16-28-27(36)18-8-12-22-21(15-18)30-26(31(22)19-9-10-19)20(29-23(32)13-14-24(33)34)11-7-17-5-3-2-4-6-17/h2-6,8,12,15,19-20H,7,9-11,13-14,16H2,1H3,(H,28,36)(H,29,32)(H,33,34). The molecule has 10 heteroatoms. The maximum Gasteiger partial charge on any atom is 0.325 e. The Kier molecular flexibility index (Phi) is 8.17. The predicted octanol–water partition coefficient (Wildman–Crippen LogP) is 2.93. The van der Waals surface area contributed by atoms with Gasteiger partial charge >= 0.3 is 11.9 Å². The van der Waals surface area contributed by atoms with E-state index in [1.807, 2.05) is 36.4 Å². The first kappa shape index (κ1) is 25.9. The number of carbonyl (C=O) groups excluding carboxylic acids is 3. The lowest BCUT2D eigenvalue weighted by atomic mass is 10.0. The second-order valence-electron chi connectivity index (χ2n) is 9.07. The van der Waals surface area contributed by atoms with Gasteiger partial charge in [0.1, 0.15) is 12.4 Å². The quantitative estimate of drug-likeness (QED) is 0.321. The summed E-state index contributed by atoms with van der Waals surface area (Å²) in [6, 6.07) is 14.9. The van der Waals surface area contributed by atoms with Gasteiger partial charge in [0, 0.05) is 18.0 Å². The van der Waals surface area contributed by atoms with Gasteiger partial charge in [-0.3, -0.25) is 19.2 Å². The number of carboxylic acid groups (broad SMARTS) is 1. The lowest BCUT2D eigenvalue weighted by Gasteiger charge is -2.20. The van der Waals surface area contributed by atoms with Crippen LogP contribution >= 0.6 is 0 Å². The molecule has 1 heterocycles. The van der Waals surface area contributed by atoms with E-state index in [0.717, 1.165) is 23.9 Å². The van der Waals surface area contributed by atoms with Crippen LogP contribution in [0.3, 0.4) is 0 Å². The summed E-state index contributed by atoms with van der Waals surface area (Å²) in [5.41, 5.74) is 2.93. The fourth-order valence-electron chi connectivity index (χ4n) is 4.26.